The number of benzene rings is 1. The molecule has 0 spiro atoms. The van der Waals surface area contributed by atoms with Gasteiger partial charge in [0.2, 0.25) is 5.76 Å². The summed E-state index contributed by atoms with van der Waals surface area (Å²) in [6.45, 7) is 3.87. The molecule has 6 nitrogen and oxygen atoms in total. The number of aryl methyl sites for hydroxylation is 1. The van der Waals surface area contributed by atoms with Gasteiger partial charge in [0, 0.05) is 12.6 Å². The molecule has 2 aromatic rings. The van der Waals surface area contributed by atoms with Gasteiger partial charge in [0.25, 0.3) is 5.91 Å². The Morgan fingerprint density at radius 3 is 2.82 bits per heavy atom. The van der Waals surface area contributed by atoms with E-state index in [0.717, 1.165) is 30.9 Å². The molecular weight excluding hydrogens is 358 g/mol. The highest BCUT2D eigenvalue weighted by molar-refractivity contribution is 5.91. The summed E-state index contributed by atoms with van der Waals surface area (Å²) in [7, 11) is 0. The van der Waals surface area contributed by atoms with Gasteiger partial charge in [-0.2, -0.15) is 0 Å². The fourth-order valence-electron chi connectivity index (χ4n) is 3.26. The molecule has 0 aliphatic heterocycles. The van der Waals surface area contributed by atoms with Crippen molar-refractivity contribution in [3.05, 3.63) is 57.5 Å². The third kappa shape index (κ3) is 4.88. The van der Waals surface area contributed by atoms with Crippen molar-refractivity contribution in [2.45, 2.75) is 52.1 Å². The van der Waals surface area contributed by atoms with Gasteiger partial charge < -0.3 is 14.5 Å². The Hall–Kier alpha value is -2.89. The SMILES string of the molecule is Cc1ccc2oc(C(=O)O[C@H](C)C(=O)NCCC3=CCCCC3)cc(=O)c2c1. The van der Waals surface area contributed by atoms with Gasteiger partial charge in [-0.3, -0.25) is 9.59 Å². The maximum atomic E-state index is 12.3. The molecule has 0 unspecified atom stereocenters. The lowest BCUT2D eigenvalue weighted by Crippen LogP contribution is -2.36. The largest absolute Gasteiger partial charge is 0.449 e. The zero-order valence-electron chi connectivity index (χ0n) is 16.2. The van der Waals surface area contributed by atoms with E-state index in [1.165, 1.54) is 25.3 Å². The normalized spacial score (nSPS) is 15.0. The molecule has 1 amide bonds. The van der Waals surface area contributed by atoms with Gasteiger partial charge in [-0.15, -0.1) is 0 Å². The van der Waals surface area contributed by atoms with Gasteiger partial charge in [0.15, 0.2) is 11.5 Å². The second kappa shape index (κ2) is 8.87. The lowest BCUT2D eigenvalue weighted by atomic mass is 9.97. The van der Waals surface area contributed by atoms with Crippen molar-refractivity contribution in [2.24, 2.45) is 0 Å². The summed E-state index contributed by atoms with van der Waals surface area (Å²) in [6, 6.07) is 6.23. The Morgan fingerprint density at radius 2 is 2.07 bits per heavy atom. The van der Waals surface area contributed by atoms with Gasteiger partial charge >= 0.3 is 5.97 Å². The second-order valence-electron chi connectivity index (χ2n) is 7.17. The third-order valence-corrected chi connectivity index (χ3v) is 4.87. The Balaban J connectivity index is 1.58. The molecule has 0 bridgehead atoms. The molecule has 148 valence electrons. The number of hydrogen-bond acceptors (Lipinski definition) is 5. The molecule has 1 aromatic heterocycles. The highest BCUT2D eigenvalue weighted by atomic mass is 16.6. The number of amides is 1. The van der Waals surface area contributed by atoms with Crippen molar-refractivity contribution in [1.82, 2.24) is 5.32 Å². The number of nitrogens with one attached hydrogen (secondary N) is 1. The standard InChI is InChI=1S/C22H25NO5/c1-14-8-9-19-17(12-14)18(24)13-20(28-19)22(26)27-15(2)21(25)23-11-10-16-6-4-3-5-7-16/h6,8-9,12-13,15H,3-5,7,10-11H2,1-2H3,(H,23,25)/t15-/m1/s1. The number of allylic oxidation sites excluding steroid dienone is 1. The maximum Gasteiger partial charge on any atom is 0.375 e. The smallest absolute Gasteiger partial charge is 0.375 e. The van der Waals surface area contributed by atoms with Crippen LogP contribution in [0, 0.1) is 6.92 Å². The van der Waals surface area contributed by atoms with Gasteiger partial charge in [-0.05, 0) is 58.1 Å². The summed E-state index contributed by atoms with van der Waals surface area (Å²) in [5.41, 5.74) is 2.27. The van der Waals surface area contributed by atoms with E-state index < -0.39 is 12.1 Å². The number of ether oxygens (including phenoxy) is 1. The third-order valence-electron chi connectivity index (χ3n) is 4.87. The lowest BCUT2D eigenvalue weighted by molar-refractivity contribution is -0.129. The van der Waals surface area contributed by atoms with E-state index in [2.05, 4.69) is 11.4 Å². The molecule has 0 radical (unpaired) electrons. The first kappa shape index (κ1) is 19.9. The fourth-order valence-corrected chi connectivity index (χ4v) is 3.26. The van der Waals surface area contributed by atoms with Crippen molar-refractivity contribution >= 4 is 22.8 Å². The van der Waals surface area contributed by atoms with E-state index in [0.29, 0.717) is 17.5 Å². The first-order chi connectivity index (χ1) is 13.4. The number of rotatable bonds is 6. The number of carbonyl (C=O) groups excluding carboxylic acids is 2. The van der Waals surface area contributed by atoms with Crippen molar-refractivity contribution in [3.8, 4) is 0 Å². The minimum Gasteiger partial charge on any atom is -0.449 e. The number of esters is 1. The molecule has 28 heavy (non-hydrogen) atoms. The Morgan fingerprint density at radius 1 is 1.25 bits per heavy atom. The van der Waals surface area contributed by atoms with Gasteiger partial charge in [-0.25, -0.2) is 4.79 Å². The topological polar surface area (TPSA) is 85.6 Å². The van der Waals surface area contributed by atoms with Crippen LogP contribution in [0.4, 0.5) is 0 Å². The highest BCUT2D eigenvalue weighted by Gasteiger charge is 2.21. The summed E-state index contributed by atoms with van der Waals surface area (Å²) in [4.78, 5) is 36.7. The maximum absolute atomic E-state index is 12.3. The van der Waals surface area contributed by atoms with Crippen LogP contribution in [0.3, 0.4) is 0 Å². The predicted octanol–water partition coefficient (Wildman–Crippen LogP) is 3.65. The molecule has 3 rings (SSSR count). The molecule has 6 heteroatoms. The van der Waals surface area contributed by atoms with Crippen LogP contribution in [0.2, 0.25) is 0 Å². The molecular formula is C22H25NO5. The summed E-state index contributed by atoms with van der Waals surface area (Å²) in [5, 5.41) is 3.19. The minimum atomic E-state index is -0.980. The lowest BCUT2D eigenvalue weighted by Gasteiger charge is -2.15. The van der Waals surface area contributed by atoms with Gasteiger partial charge in [0.05, 0.1) is 5.39 Å². The number of carbonyl (C=O) groups is 2. The van der Waals surface area contributed by atoms with Crippen LogP contribution in [-0.2, 0) is 9.53 Å². The quantitative estimate of drug-likeness (QED) is 0.608. The van der Waals surface area contributed by atoms with Crippen molar-refractivity contribution in [1.29, 1.82) is 0 Å². The Labute approximate surface area is 163 Å². The first-order valence-electron chi connectivity index (χ1n) is 9.65. The summed E-state index contributed by atoms with van der Waals surface area (Å²) >= 11 is 0. The molecule has 0 saturated carbocycles. The fraction of sp³-hybridized carbons (Fsp3) is 0.409. The summed E-state index contributed by atoms with van der Waals surface area (Å²) in [5.74, 6) is -1.42. The average Bonchev–Trinajstić information content (AvgIpc) is 2.69. The molecule has 1 aliphatic carbocycles. The molecule has 1 N–H and O–H groups in total. The van der Waals surface area contributed by atoms with Crippen LogP contribution >= 0.6 is 0 Å². The molecule has 1 aromatic carbocycles. The summed E-state index contributed by atoms with van der Waals surface area (Å²) < 4.78 is 10.7. The van der Waals surface area contributed by atoms with E-state index in [1.54, 1.807) is 18.2 Å². The van der Waals surface area contributed by atoms with E-state index in [1.807, 2.05) is 6.92 Å². The monoisotopic (exact) mass is 383 g/mol. The van der Waals surface area contributed by atoms with Crippen molar-refractivity contribution in [3.63, 3.8) is 0 Å². The molecule has 1 atom stereocenters. The summed E-state index contributed by atoms with van der Waals surface area (Å²) in [6.07, 6.45) is 6.69. The highest BCUT2D eigenvalue weighted by Crippen LogP contribution is 2.19. The zero-order valence-corrected chi connectivity index (χ0v) is 16.2. The van der Waals surface area contributed by atoms with E-state index >= 15 is 0 Å². The van der Waals surface area contributed by atoms with E-state index in [9.17, 15) is 14.4 Å². The molecule has 0 fully saturated rings. The van der Waals surface area contributed by atoms with Crippen LogP contribution in [0.15, 0.2) is 45.1 Å². The predicted molar refractivity (Wildman–Crippen MR) is 106 cm³/mol. The average molecular weight is 383 g/mol. The van der Waals surface area contributed by atoms with Crippen LogP contribution in [-0.4, -0.2) is 24.5 Å². The van der Waals surface area contributed by atoms with Crippen LogP contribution in [0.25, 0.3) is 11.0 Å². The van der Waals surface area contributed by atoms with Gasteiger partial charge in [0.1, 0.15) is 5.58 Å². The molecule has 1 heterocycles. The number of fused-ring (bicyclic) bond motifs is 1. The van der Waals surface area contributed by atoms with E-state index in [4.69, 9.17) is 9.15 Å². The van der Waals surface area contributed by atoms with Gasteiger partial charge in [-0.1, -0.05) is 23.3 Å². The Kier molecular flexibility index (Phi) is 6.29. The van der Waals surface area contributed by atoms with Crippen LogP contribution in [0.1, 0.15) is 55.1 Å². The molecule has 1 aliphatic rings. The molecule has 0 saturated heterocycles. The zero-order chi connectivity index (χ0) is 20.1. The second-order valence-corrected chi connectivity index (χ2v) is 7.17. The van der Waals surface area contributed by atoms with Crippen LogP contribution < -0.4 is 10.7 Å². The van der Waals surface area contributed by atoms with E-state index in [-0.39, 0.29) is 17.1 Å². The van der Waals surface area contributed by atoms with Crippen molar-refractivity contribution < 1.29 is 18.7 Å². The number of hydrogen-bond donors (Lipinski definition) is 1. The first-order valence-corrected chi connectivity index (χ1v) is 9.65. The minimum absolute atomic E-state index is 0.214. The Bertz CT molecular complexity index is 973. The van der Waals surface area contributed by atoms with Crippen molar-refractivity contribution in [2.75, 3.05) is 6.54 Å². The van der Waals surface area contributed by atoms with Crippen LogP contribution in [0.5, 0.6) is 0 Å².